The van der Waals surface area contributed by atoms with E-state index in [0.29, 0.717) is 19.3 Å². The molecule has 0 saturated carbocycles. The largest absolute Gasteiger partial charge is 0.389 e. The Bertz CT molecular complexity index is 667. The quantitative estimate of drug-likeness (QED) is 0.291. The zero-order valence-electron chi connectivity index (χ0n) is 15.9. The van der Waals surface area contributed by atoms with Gasteiger partial charge in [0.15, 0.2) is 0 Å². The van der Waals surface area contributed by atoms with Crippen molar-refractivity contribution >= 4 is 11.8 Å². The lowest BCUT2D eigenvalue weighted by atomic mass is 9.73. The lowest BCUT2D eigenvalue weighted by Crippen LogP contribution is -2.46. The van der Waals surface area contributed by atoms with Crippen molar-refractivity contribution in [3.63, 3.8) is 0 Å². The maximum Gasteiger partial charge on any atom is 0.228 e. The zero-order chi connectivity index (χ0) is 19.2. The number of hydrogen-bond donors (Lipinski definition) is 1. The number of hydrogen-bond acceptors (Lipinski definition) is 4. The highest BCUT2D eigenvalue weighted by Gasteiger charge is 2.48. The van der Waals surface area contributed by atoms with Crippen LogP contribution in [0.3, 0.4) is 0 Å². The normalized spacial score (nSPS) is 22.2. The van der Waals surface area contributed by atoms with Crippen LogP contribution < -0.4 is 0 Å². The fourth-order valence-electron chi connectivity index (χ4n) is 3.55. The molecule has 0 aromatic heterocycles. The van der Waals surface area contributed by atoms with Gasteiger partial charge in [-0.2, -0.15) is 0 Å². The second-order valence-corrected chi connectivity index (χ2v) is 8.53. The van der Waals surface area contributed by atoms with Crippen LogP contribution in [0.1, 0.15) is 46.5 Å². The van der Waals surface area contributed by atoms with Crippen molar-refractivity contribution in [3.05, 3.63) is 63.7 Å². The molecule has 0 bridgehead atoms. The molecular weight excluding hydrogens is 346 g/mol. The van der Waals surface area contributed by atoms with E-state index < -0.39 is 11.6 Å². The van der Waals surface area contributed by atoms with Crippen molar-refractivity contribution in [2.24, 2.45) is 5.92 Å². The number of nitrogens with zero attached hydrogens (tertiary/aromatic N) is 1. The molecule has 0 saturated heterocycles. The van der Waals surface area contributed by atoms with E-state index in [1.807, 2.05) is 39.0 Å². The molecule has 1 aromatic carbocycles. The number of aliphatic hydroxyl groups is 1. The molecule has 1 aromatic rings. The minimum absolute atomic E-state index is 0.107. The average molecular weight is 376 g/mol. The predicted octanol–water partition coefficient (Wildman–Crippen LogP) is 5.26. The van der Waals surface area contributed by atoms with Crippen LogP contribution in [0, 0.1) is 16.0 Å². The monoisotopic (exact) mass is 375 g/mol. The number of aliphatic hydroxyl groups excluding tert-OH is 1. The molecule has 0 radical (unpaired) electrons. The molecule has 0 amide bonds. The Labute approximate surface area is 160 Å². The van der Waals surface area contributed by atoms with Crippen molar-refractivity contribution in [2.75, 3.05) is 5.75 Å². The molecule has 142 valence electrons. The Morgan fingerprint density at radius 2 is 2.08 bits per heavy atom. The summed E-state index contributed by atoms with van der Waals surface area (Å²) >= 11 is 1.78. The molecule has 0 unspecified atom stereocenters. The third-order valence-electron chi connectivity index (χ3n) is 5.19. The van der Waals surface area contributed by atoms with Crippen LogP contribution in [0.25, 0.3) is 0 Å². The maximum atomic E-state index is 11.9. The Balaban J connectivity index is 2.01. The van der Waals surface area contributed by atoms with E-state index in [-0.39, 0.29) is 10.8 Å². The van der Waals surface area contributed by atoms with Gasteiger partial charge in [-0.25, -0.2) is 0 Å². The first-order valence-corrected chi connectivity index (χ1v) is 10.2. The van der Waals surface area contributed by atoms with Crippen molar-refractivity contribution in [3.8, 4) is 0 Å². The molecule has 1 aliphatic carbocycles. The van der Waals surface area contributed by atoms with Gasteiger partial charge in [-0.1, -0.05) is 48.4 Å². The zero-order valence-corrected chi connectivity index (χ0v) is 16.7. The lowest BCUT2D eigenvalue weighted by molar-refractivity contribution is -0.582. The first-order valence-electron chi connectivity index (χ1n) is 9.17. The smallest absolute Gasteiger partial charge is 0.228 e. The highest BCUT2D eigenvalue weighted by atomic mass is 32.2. The highest BCUT2D eigenvalue weighted by molar-refractivity contribution is 7.99. The molecule has 1 N–H and O–H groups in total. The standard InChI is InChI=1S/C21H29NO3S/c1-16(2)13-19(23)14-17(3)21(22(24)25)11-9-18(10-12-21)15-26-20-7-5-4-6-8-20/h4-9,13,17,19,23H,10-12,14-15H2,1-3H3/t17-,19-,21-/m1/s1. The van der Waals surface area contributed by atoms with Crippen LogP contribution >= 0.6 is 11.8 Å². The summed E-state index contributed by atoms with van der Waals surface area (Å²) in [5.74, 6) is 0.703. The number of benzene rings is 1. The summed E-state index contributed by atoms with van der Waals surface area (Å²) in [6, 6.07) is 10.2. The van der Waals surface area contributed by atoms with Gasteiger partial charge in [0.05, 0.1) is 6.10 Å². The summed E-state index contributed by atoms with van der Waals surface area (Å²) in [5.41, 5.74) is 1.36. The van der Waals surface area contributed by atoms with Crippen LogP contribution in [-0.2, 0) is 0 Å². The molecule has 2 rings (SSSR count). The fourth-order valence-corrected chi connectivity index (χ4v) is 4.52. The summed E-state index contributed by atoms with van der Waals surface area (Å²) in [4.78, 5) is 13.0. The lowest BCUT2D eigenvalue weighted by Gasteiger charge is -2.34. The Morgan fingerprint density at radius 1 is 1.38 bits per heavy atom. The van der Waals surface area contributed by atoms with Gasteiger partial charge in [-0.3, -0.25) is 10.1 Å². The fraction of sp³-hybridized carbons (Fsp3) is 0.524. The molecule has 0 heterocycles. The number of rotatable bonds is 8. The Hall–Kier alpha value is -1.59. The first kappa shape index (κ1) is 20.7. The molecule has 0 spiro atoms. The van der Waals surface area contributed by atoms with Crippen molar-refractivity contribution < 1.29 is 10.0 Å². The van der Waals surface area contributed by atoms with Crippen LogP contribution in [0.15, 0.2) is 58.5 Å². The van der Waals surface area contributed by atoms with Crippen LogP contribution in [0.4, 0.5) is 0 Å². The molecule has 3 atom stereocenters. The minimum atomic E-state index is -0.961. The van der Waals surface area contributed by atoms with E-state index in [9.17, 15) is 15.2 Å². The molecule has 5 heteroatoms. The summed E-state index contributed by atoms with van der Waals surface area (Å²) in [5, 5.41) is 22.0. The van der Waals surface area contributed by atoms with Crippen molar-refractivity contribution in [1.29, 1.82) is 0 Å². The van der Waals surface area contributed by atoms with Gasteiger partial charge in [-0.05, 0) is 38.8 Å². The van der Waals surface area contributed by atoms with Gasteiger partial charge in [0.25, 0.3) is 0 Å². The molecule has 4 nitrogen and oxygen atoms in total. The number of nitro groups is 1. The Kier molecular flexibility index (Phi) is 7.47. The van der Waals surface area contributed by atoms with Crippen molar-refractivity contribution in [2.45, 2.75) is 63.0 Å². The maximum absolute atomic E-state index is 11.9. The molecular formula is C21H29NO3S. The van der Waals surface area contributed by atoms with E-state index >= 15 is 0 Å². The van der Waals surface area contributed by atoms with Gasteiger partial charge in [0, 0.05) is 34.3 Å². The second-order valence-electron chi connectivity index (χ2n) is 7.48. The first-order chi connectivity index (χ1) is 12.3. The summed E-state index contributed by atoms with van der Waals surface area (Å²) in [6.07, 6.45) is 5.40. The molecule has 0 fully saturated rings. The summed E-state index contributed by atoms with van der Waals surface area (Å²) < 4.78 is 0. The van der Waals surface area contributed by atoms with Crippen LogP contribution in [0.5, 0.6) is 0 Å². The van der Waals surface area contributed by atoms with Gasteiger partial charge >= 0.3 is 0 Å². The molecule has 26 heavy (non-hydrogen) atoms. The minimum Gasteiger partial charge on any atom is -0.389 e. The van der Waals surface area contributed by atoms with Crippen LogP contribution in [-0.4, -0.2) is 27.4 Å². The second kappa shape index (κ2) is 9.38. The molecule has 0 aliphatic heterocycles. The summed E-state index contributed by atoms with van der Waals surface area (Å²) in [6.45, 7) is 5.76. The predicted molar refractivity (Wildman–Crippen MR) is 108 cm³/mol. The van der Waals surface area contributed by atoms with E-state index in [1.54, 1.807) is 17.8 Å². The van der Waals surface area contributed by atoms with Crippen LogP contribution in [0.2, 0.25) is 0 Å². The SMILES string of the molecule is CC(C)=C[C@@H](O)C[C@@H](C)[C@@]1([N+](=O)[O-])CC=C(CSc2ccccc2)CC1. The number of allylic oxidation sites excluding steroid dienone is 1. The third kappa shape index (κ3) is 5.45. The van der Waals surface area contributed by atoms with Crippen molar-refractivity contribution in [1.82, 2.24) is 0 Å². The van der Waals surface area contributed by atoms with E-state index in [1.165, 1.54) is 10.5 Å². The van der Waals surface area contributed by atoms with Gasteiger partial charge < -0.3 is 5.11 Å². The van der Waals surface area contributed by atoms with Gasteiger partial charge in [0.1, 0.15) is 0 Å². The Morgan fingerprint density at radius 3 is 2.62 bits per heavy atom. The molecule has 1 aliphatic rings. The summed E-state index contributed by atoms with van der Waals surface area (Å²) in [7, 11) is 0. The van der Waals surface area contributed by atoms with E-state index in [4.69, 9.17) is 0 Å². The van der Waals surface area contributed by atoms with Gasteiger partial charge in [0.2, 0.25) is 5.54 Å². The average Bonchev–Trinajstić information content (AvgIpc) is 2.60. The number of thioether (sulfide) groups is 1. The van der Waals surface area contributed by atoms with Gasteiger partial charge in [-0.15, -0.1) is 11.8 Å². The van der Waals surface area contributed by atoms with E-state index in [0.717, 1.165) is 17.7 Å². The third-order valence-corrected chi connectivity index (χ3v) is 6.31. The highest BCUT2D eigenvalue weighted by Crippen LogP contribution is 2.39. The topological polar surface area (TPSA) is 63.4 Å². The van der Waals surface area contributed by atoms with E-state index in [2.05, 4.69) is 18.2 Å².